The van der Waals surface area contributed by atoms with Crippen LogP contribution in [-0.2, 0) is 11.0 Å². The third kappa shape index (κ3) is 6.10. The zero-order chi connectivity index (χ0) is 24.2. The Morgan fingerprint density at radius 1 is 1.12 bits per heavy atom. The topological polar surface area (TPSA) is 114 Å². The Kier molecular flexibility index (Phi) is 7.02. The number of nitrogens with zero attached hydrogens (tertiary/aromatic N) is 1. The number of carbonyl (C=O) groups is 2. The fourth-order valence-electron chi connectivity index (χ4n) is 2.95. The van der Waals surface area contributed by atoms with E-state index in [2.05, 4.69) is 10.6 Å². The zero-order valence-corrected chi connectivity index (χ0v) is 17.3. The Hall–Kier alpha value is -3.86. The maximum absolute atomic E-state index is 13.2. The lowest BCUT2D eigenvalue weighted by Gasteiger charge is -2.17. The predicted octanol–water partition coefficient (Wildman–Crippen LogP) is 5.36. The second-order valence-corrected chi connectivity index (χ2v) is 7.22. The van der Waals surface area contributed by atoms with Crippen LogP contribution in [0.15, 0.2) is 65.3 Å². The summed E-state index contributed by atoms with van der Waals surface area (Å²) in [5.41, 5.74) is -2.76. The number of benzene rings is 2. The minimum atomic E-state index is -5.04. The van der Waals surface area contributed by atoms with Gasteiger partial charge in [-0.1, -0.05) is 11.6 Å². The van der Waals surface area contributed by atoms with E-state index in [1.54, 1.807) is 24.3 Å². The smallest absolute Gasteiger partial charge is 0.423 e. The summed E-state index contributed by atoms with van der Waals surface area (Å²) in [6.45, 7) is 0. The fourth-order valence-corrected chi connectivity index (χ4v) is 3.07. The molecule has 2 amide bonds. The highest BCUT2D eigenvalue weighted by Gasteiger charge is 2.39. The zero-order valence-electron chi connectivity index (χ0n) is 16.6. The first-order valence-corrected chi connectivity index (χ1v) is 9.67. The van der Waals surface area contributed by atoms with Gasteiger partial charge in [0.05, 0.1) is 23.6 Å². The third-order valence-corrected chi connectivity index (χ3v) is 4.72. The molecule has 2 N–H and O–H groups in total. The van der Waals surface area contributed by atoms with E-state index in [4.69, 9.17) is 16.0 Å². The molecule has 0 radical (unpaired) electrons. The molecule has 0 aliphatic carbocycles. The van der Waals surface area contributed by atoms with Gasteiger partial charge in [0, 0.05) is 22.3 Å². The van der Waals surface area contributed by atoms with E-state index < -0.39 is 45.8 Å². The van der Waals surface area contributed by atoms with Crippen molar-refractivity contribution >= 4 is 34.8 Å². The lowest BCUT2D eigenvalue weighted by Crippen LogP contribution is -2.31. The van der Waals surface area contributed by atoms with Crippen LogP contribution in [0.2, 0.25) is 5.02 Å². The van der Waals surface area contributed by atoms with E-state index in [1.165, 1.54) is 18.4 Å². The molecule has 1 heterocycles. The Bertz CT molecular complexity index is 1160. The standard InChI is InChI=1S/C21H15ClF3N3O5/c22-13-4-6-14(7-5-13)26-19(29)11-16(18-2-1-9-33-18)27-20(30)12-3-8-17(28(31)32)15(10-12)21(23,24)25/h1-10,16H,11H2,(H,26,29)(H,27,30). The quantitative estimate of drug-likeness (QED) is 0.348. The lowest BCUT2D eigenvalue weighted by molar-refractivity contribution is -0.388. The summed E-state index contributed by atoms with van der Waals surface area (Å²) >= 11 is 5.80. The number of amides is 2. The molecule has 0 aliphatic heterocycles. The van der Waals surface area contributed by atoms with Crippen LogP contribution >= 0.6 is 11.6 Å². The monoisotopic (exact) mass is 481 g/mol. The first-order valence-electron chi connectivity index (χ1n) is 9.30. The van der Waals surface area contributed by atoms with Crippen LogP contribution in [0.1, 0.15) is 34.1 Å². The van der Waals surface area contributed by atoms with Crippen LogP contribution in [0.4, 0.5) is 24.5 Å². The van der Waals surface area contributed by atoms with Crippen LogP contribution < -0.4 is 10.6 Å². The maximum atomic E-state index is 13.2. The molecule has 0 saturated carbocycles. The van der Waals surface area contributed by atoms with Crippen LogP contribution in [0, 0.1) is 10.1 Å². The Morgan fingerprint density at radius 2 is 1.82 bits per heavy atom. The number of halogens is 4. The van der Waals surface area contributed by atoms with Crippen LogP contribution in [-0.4, -0.2) is 16.7 Å². The van der Waals surface area contributed by atoms with Gasteiger partial charge in [0.25, 0.3) is 11.6 Å². The molecule has 8 nitrogen and oxygen atoms in total. The van der Waals surface area contributed by atoms with Crippen molar-refractivity contribution in [1.29, 1.82) is 0 Å². The van der Waals surface area contributed by atoms with Gasteiger partial charge in [-0.15, -0.1) is 0 Å². The van der Waals surface area contributed by atoms with Gasteiger partial charge in [0.2, 0.25) is 5.91 Å². The molecule has 0 bridgehead atoms. The molecule has 0 aliphatic rings. The second-order valence-electron chi connectivity index (χ2n) is 6.79. The summed E-state index contributed by atoms with van der Waals surface area (Å²) in [6, 6.07) is 10.1. The van der Waals surface area contributed by atoms with Gasteiger partial charge in [-0.3, -0.25) is 19.7 Å². The first-order chi connectivity index (χ1) is 15.5. The minimum absolute atomic E-state index is 0.188. The lowest BCUT2D eigenvalue weighted by atomic mass is 10.1. The Balaban J connectivity index is 1.81. The van der Waals surface area contributed by atoms with Crippen LogP contribution in [0.25, 0.3) is 0 Å². The number of nitrogens with one attached hydrogen (secondary N) is 2. The fraction of sp³-hybridized carbons (Fsp3) is 0.143. The van der Waals surface area contributed by atoms with Crippen molar-refractivity contribution in [3.05, 3.63) is 92.9 Å². The SMILES string of the molecule is O=C(CC(NC(=O)c1ccc([N+](=O)[O-])c(C(F)(F)F)c1)c1ccco1)Nc1ccc(Cl)cc1. The van der Waals surface area contributed by atoms with Crippen molar-refractivity contribution in [3.8, 4) is 0 Å². The molecular weight excluding hydrogens is 467 g/mol. The molecule has 172 valence electrons. The molecule has 33 heavy (non-hydrogen) atoms. The average Bonchev–Trinajstić information content (AvgIpc) is 3.28. The molecule has 1 unspecified atom stereocenters. The van der Waals surface area contributed by atoms with Crippen molar-refractivity contribution < 1.29 is 32.1 Å². The second kappa shape index (κ2) is 9.74. The Morgan fingerprint density at radius 3 is 2.39 bits per heavy atom. The molecule has 0 fully saturated rings. The number of furan rings is 1. The molecule has 3 aromatic rings. The number of nitro benzene ring substituents is 1. The molecule has 12 heteroatoms. The summed E-state index contributed by atoms with van der Waals surface area (Å²) in [7, 11) is 0. The van der Waals surface area contributed by atoms with Gasteiger partial charge < -0.3 is 15.1 Å². The molecule has 0 saturated heterocycles. The highest BCUT2D eigenvalue weighted by molar-refractivity contribution is 6.30. The Labute approximate surface area is 189 Å². The van der Waals surface area contributed by atoms with Crippen molar-refractivity contribution in [2.24, 2.45) is 0 Å². The molecule has 1 aromatic heterocycles. The predicted molar refractivity (Wildman–Crippen MR) is 112 cm³/mol. The first kappa shape index (κ1) is 23.8. The summed E-state index contributed by atoms with van der Waals surface area (Å²) in [5, 5.41) is 16.4. The van der Waals surface area contributed by atoms with Crippen molar-refractivity contribution in [2.45, 2.75) is 18.6 Å². The molecule has 0 spiro atoms. The average molecular weight is 482 g/mol. The van der Waals surface area contributed by atoms with Gasteiger partial charge in [-0.05, 0) is 48.5 Å². The summed E-state index contributed by atoms with van der Waals surface area (Å²) in [5.74, 6) is -1.30. The highest BCUT2D eigenvalue weighted by Crippen LogP contribution is 2.36. The molecular formula is C21H15ClF3N3O5. The highest BCUT2D eigenvalue weighted by atomic mass is 35.5. The van der Waals surface area contributed by atoms with Gasteiger partial charge in [0.1, 0.15) is 11.3 Å². The van der Waals surface area contributed by atoms with Crippen LogP contribution in [0.5, 0.6) is 0 Å². The molecule has 1 atom stereocenters. The minimum Gasteiger partial charge on any atom is -0.467 e. The number of rotatable bonds is 7. The largest absolute Gasteiger partial charge is 0.467 e. The number of carbonyl (C=O) groups excluding carboxylic acids is 2. The number of hydrogen-bond donors (Lipinski definition) is 2. The molecule has 3 rings (SSSR count). The number of hydrogen-bond acceptors (Lipinski definition) is 5. The van der Waals surface area contributed by atoms with Crippen molar-refractivity contribution in [1.82, 2.24) is 5.32 Å². The van der Waals surface area contributed by atoms with E-state index in [0.717, 1.165) is 6.07 Å². The number of anilines is 1. The van der Waals surface area contributed by atoms with Crippen molar-refractivity contribution in [3.63, 3.8) is 0 Å². The molecule has 2 aromatic carbocycles. The van der Waals surface area contributed by atoms with E-state index in [9.17, 15) is 32.9 Å². The van der Waals surface area contributed by atoms with E-state index in [1.807, 2.05) is 0 Å². The van der Waals surface area contributed by atoms with Crippen molar-refractivity contribution in [2.75, 3.05) is 5.32 Å². The van der Waals surface area contributed by atoms with Gasteiger partial charge in [0.15, 0.2) is 0 Å². The van der Waals surface area contributed by atoms with E-state index in [0.29, 0.717) is 22.8 Å². The normalized spacial score (nSPS) is 12.1. The van der Waals surface area contributed by atoms with Gasteiger partial charge >= 0.3 is 6.18 Å². The number of alkyl halides is 3. The number of nitro groups is 1. The maximum Gasteiger partial charge on any atom is 0.423 e. The summed E-state index contributed by atoms with van der Waals surface area (Å²) in [4.78, 5) is 34.8. The third-order valence-electron chi connectivity index (χ3n) is 4.47. The van der Waals surface area contributed by atoms with Gasteiger partial charge in [-0.2, -0.15) is 13.2 Å². The summed E-state index contributed by atoms with van der Waals surface area (Å²) < 4.78 is 44.9. The van der Waals surface area contributed by atoms with Crippen LogP contribution in [0.3, 0.4) is 0 Å². The van der Waals surface area contributed by atoms with Gasteiger partial charge in [-0.25, -0.2) is 0 Å². The van der Waals surface area contributed by atoms with E-state index in [-0.39, 0.29) is 12.2 Å². The summed E-state index contributed by atoms with van der Waals surface area (Å²) in [6.07, 6.45) is -4.04. The van der Waals surface area contributed by atoms with E-state index >= 15 is 0 Å².